The predicted molar refractivity (Wildman–Crippen MR) is 88.3 cm³/mol. The van der Waals surface area contributed by atoms with Crippen molar-refractivity contribution in [3.63, 3.8) is 0 Å². The summed E-state index contributed by atoms with van der Waals surface area (Å²) in [5.41, 5.74) is 0.606. The van der Waals surface area contributed by atoms with E-state index in [1.165, 1.54) is 4.90 Å². The Bertz CT molecular complexity index is 520. The number of ether oxygens (including phenoxy) is 1. The number of hydrogen-bond donors (Lipinski definition) is 0. The van der Waals surface area contributed by atoms with Crippen LogP contribution in [0.2, 0.25) is 0 Å². The monoisotopic (exact) mass is 387 g/mol. The van der Waals surface area contributed by atoms with E-state index in [-0.39, 0.29) is 0 Å². The fourth-order valence-corrected chi connectivity index (χ4v) is 2.33. The molecule has 0 aromatic heterocycles. The minimum atomic E-state index is -0.579. The Morgan fingerprint density at radius 1 is 1.45 bits per heavy atom. The Morgan fingerprint density at radius 3 is 2.60 bits per heavy atom. The van der Waals surface area contributed by atoms with Crippen molar-refractivity contribution in [2.24, 2.45) is 0 Å². The average Bonchev–Trinajstić information content (AvgIpc) is 2.34. The van der Waals surface area contributed by atoms with Gasteiger partial charge in [-0.25, -0.2) is 4.79 Å². The van der Waals surface area contributed by atoms with E-state index in [2.05, 4.69) is 29.2 Å². The van der Waals surface area contributed by atoms with Crippen molar-refractivity contribution in [2.75, 3.05) is 11.4 Å². The molecule has 0 fully saturated rings. The minimum Gasteiger partial charge on any atom is -0.443 e. The first-order valence-corrected chi connectivity index (χ1v) is 7.23. The topological polar surface area (TPSA) is 46.6 Å². The maximum atomic E-state index is 12.3. The molecule has 1 rings (SSSR count). The first-order valence-electron chi connectivity index (χ1n) is 6.15. The molecule has 0 saturated carbocycles. The van der Waals surface area contributed by atoms with Crippen molar-refractivity contribution in [2.45, 2.75) is 26.4 Å². The molecule has 0 bridgehead atoms. The fraction of sp³-hybridized carbons (Fsp3) is 0.333. The number of carbonyl (C=O) groups excluding carboxylic acids is 2. The molecule has 0 N–H and O–H groups in total. The van der Waals surface area contributed by atoms with Crippen LogP contribution in [-0.4, -0.2) is 24.5 Å². The highest BCUT2D eigenvalue weighted by molar-refractivity contribution is 14.1. The summed E-state index contributed by atoms with van der Waals surface area (Å²) >= 11 is 2.05. The van der Waals surface area contributed by atoms with Gasteiger partial charge in [-0.3, -0.25) is 9.69 Å². The molecule has 0 radical (unpaired) electrons. The molecule has 1 amide bonds. The van der Waals surface area contributed by atoms with E-state index in [0.717, 1.165) is 6.29 Å². The van der Waals surface area contributed by atoms with Gasteiger partial charge in [-0.05, 0) is 49.4 Å². The molecule has 1 aromatic carbocycles. The third-order valence-electron chi connectivity index (χ3n) is 2.35. The molecule has 1 aromatic rings. The van der Waals surface area contributed by atoms with Crippen LogP contribution < -0.4 is 4.90 Å². The van der Waals surface area contributed by atoms with E-state index < -0.39 is 11.7 Å². The molecular formula is C15H18INO3. The van der Waals surface area contributed by atoms with Crippen LogP contribution in [0.25, 0.3) is 0 Å². The van der Waals surface area contributed by atoms with Crippen LogP contribution >= 0.6 is 22.6 Å². The summed E-state index contributed by atoms with van der Waals surface area (Å²) in [5.74, 6) is 0. The van der Waals surface area contributed by atoms with Crippen LogP contribution in [0.3, 0.4) is 0 Å². The average molecular weight is 387 g/mol. The first kappa shape index (κ1) is 16.7. The molecular weight excluding hydrogens is 369 g/mol. The van der Waals surface area contributed by atoms with E-state index in [1.54, 1.807) is 24.3 Å². The lowest BCUT2D eigenvalue weighted by Gasteiger charge is -2.27. The Kier molecular flexibility index (Phi) is 5.74. The maximum Gasteiger partial charge on any atom is 0.415 e. The highest BCUT2D eigenvalue weighted by Crippen LogP contribution is 2.26. The van der Waals surface area contributed by atoms with Crippen LogP contribution in [0, 0.1) is 3.57 Å². The standard InChI is InChI=1S/C15H18INO3/c1-5-9-17(14(19)20-15(2,3)4)12-8-6-7-11(10-18)13(12)16/h5-8,10H,1,9H2,2-4H3. The number of amides is 1. The zero-order valence-corrected chi connectivity index (χ0v) is 14.0. The molecule has 108 valence electrons. The van der Waals surface area contributed by atoms with E-state index in [4.69, 9.17) is 4.74 Å². The van der Waals surface area contributed by atoms with Gasteiger partial charge in [0.15, 0.2) is 6.29 Å². The lowest BCUT2D eigenvalue weighted by Crippen LogP contribution is -2.37. The smallest absolute Gasteiger partial charge is 0.415 e. The van der Waals surface area contributed by atoms with Gasteiger partial charge in [0, 0.05) is 15.7 Å². The van der Waals surface area contributed by atoms with Gasteiger partial charge in [-0.15, -0.1) is 6.58 Å². The number of carbonyl (C=O) groups is 2. The first-order chi connectivity index (χ1) is 9.30. The molecule has 0 aliphatic heterocycles. The molecule has 4 nitrogen and oxygen atoms in total. The van der Waals surface area contributed by atoms with Crippen LogP contribution in [0.15, 0.2) is 30.9 Å². The zero-order chi connectivity index (χ0) is 15.3. The summed E-state index contributed by atoms with van der Waals surface area (Å²) in [6.45, 7) is 9.40. The number of rotatable bonds is 4. The largest absolute Gasteiger partial charge is 0.443 e. The van der Waals surface area contributed by atoms with Gasteiger partial charge in [-0.2, -0.15) is 0 Å². The lowest BCUT2D eigenvalue weighted by atomic mass is 10.2. The maximum absolute atomic E-state index is 12.3. The van der Waals surface area contributed by atoms with Crippen molar-refractivity contribution < 1.29 is 14.3 Å². The number of anilines is 1. The van der Waals surface area contributed by atoms with Gasteiger partial charge < -0.3 is 4.74 Å². The summed E-state index contributed by atoms with van der Waals surface area (Å²) in [6, 6.07) is 5.23. The fourth-order valence-electron chi connectivity index (χ4n) is 1.55. The number of nitrogens with zero attached hydrogens (tertiary/aromatic N) is 1. The van der Waals surface area contributed by atoms with E-state index in [9.17, 15) is 9.59 Å². The highest BCUT2D eigenvalue weighted by Gasteiger charge is 2.24. The summed E-state index contributed by atoms with van der Waals surface area (Å²) in [7, 11) is 0. The Morgan fingerprint density at radius 2 is 2.10 bits per heavy atom. The molecule has 0 aliphatic rings. The summed E-state index contributed by atoms with van der Waals surface area (Å²) < 4.78 is 6.10. The van der Waals surface area contributed by atoms with Crippen LogP contribution in [0.4, 0.5) is 10.5 Å². The molecule has 0 unspecified atom stereocenters. The number of hydrogen-bond acceptors (Lipinski definition) is 3. The van der Waals surface area contributed by atoms with E-state index >= 15 is 0 Å². The quantitative estimate of drug-likeness (QED) is 0.445. The molecule has 20 heavy (non-hydrogen) atoms. The van der Waals surface area contributed by atoms with E-state index in [1.807, 2.05) is 20.8 Å². The predicted octanol–water partition coefficient (Wildman–Crippen LogP) is 4.03. The van der Waals surface area contributed by atoms with Crippen LogP contribution in [-0.2, 0) is 4.74 Å². The highest BCUT2D eigenvalue weighted by atomic mass is 127. The van der Waals surface area contributed by atoms with Gasteiger partial charge in [0.2, 0.25) is 0 Å². The van der Waals surface area contributed by atoms with Crippen molar-refractivity contribution in [1.82, 2.24) is 0 Å². The number of halogens is 1. The number of benzene rings is 1. The Labute approximate surface area is 132 Å². The van der Waals surface area contributed by atoms with Crippen molar-refractivity contribution >= 4 is 40.7 Å². The van der Waals surface area contributed by atoms with Crippen molar-refractivity contribution in [3.05, 3.63) is 40.0 Å². The number of aldehydes is 1. The van der Waals surface area contributed by atoms with Gasteiger partial charge in [-0.1, -0.05) is 18.2 Å². The Balaban J connectivity index is 3.17. The molecule has 5 heteroatoms. The van der Waals surface area contributed by atoms with Crippen molar-refractivity contribution in [3.8, 4) is 0 Å². The second-order valence-electron chi connectivity index (χ2n) is 5.18. The van der Waals surface area contributed by atoms with Crippen LogP contribution in [0.1, 0.15) is 31.1 Å². The normalized spacial score (nSPS) is 10.8. The molecule has 0 aliphatic carbocycles. The summed E-state index contributed by atoms with van der Waals surface area (Å²) in [4.78, 5) is 24.7. The second kappa shape index (κ2) is 6.88. The summed E-state index contributed by atoms with van der Waals surface area (Å²) in [6.07, 6.45) is 1.93. The lowest BCUT2D eigenvalue weighted by molar-refractivity contribution is 0.0584. The van der Waals surface area contributed by atoms with Crippen LogP contribution in [0.5, 0.6) is 0 Å². The molecule has 0 heterocycles. The summed E-state index contributed by atoms with van der Waals surface area (Å²) in [5, 5.41) is 0. The van der Waals surface area contributed by atoms with Gasteiger partial charge in [0.1, 0.15) is 5.60 Å². The minimum absolute atomic E-state index is 0.313. The van der Waals surface area contributed by atoms with E-state index in [0.29, 0.717) is 21.4 Å². The third-order valence-corrected chi connectivity index (χ3v) is 3.53. The second-order valence-corrected chi connectivity index (χ2v) is 6.26. The SMILES string of the molecule is C=CCN(C(=O)OC(C)(C)C)c1cccc(C=O)c1I. The van der Waals surface area contributed by atoms with Gasteiger partial charge in [0.25, 0.3) is 0 Å². The molecule has 0 atom stereocenters. The van der Waals surface area contributed by atoms with Gasteiger partial charge in [0.05, 0.1) is 5.69 Å². The van der Waals surface area contributed by atoms with Crippen molar-refractivity contribution in [1.29, 1.82) is 0 Å². The van der Waals surface area contributed by atoms with Gasteiger partial charge >= 0.3 is 6.09 Å². The molecule has 0 spiro atoms. The Hall–Kier alpha value is -1.37. The zero-order valence-electron chi connectivity index (χ0n) is 11.9. The third kappa shape index (κ3) is 4.33. The molecule has 0 saturated heterocycles.